The second kappa shape index (κ2) is 6.85. The van der Waals surface area contributed by atoms with Gasteiger partial charge in [-0.2, -0.15) is 4.31 Å². The molecule has 1 amide bonds. The molecule has 1 aromatic rings. The number of piperidine rings is 1. The van der Waals surface area contributed by atoms with Gasteiger partial charge in [0, 0.05) is 19.1 Å². The van der Waals surface area contributed by atoms with Gasteiger partial charge in [-0.15, -0.1) is 0 Å². The van der Waals surface area contributed by atoms with E-state index in [-0.39, 0.29) is 12.0 Å². The van der Waals surface area contributed by atoms with Crippen LogP contribution in [0.2, 0.25) is 0 Å². The number of nitrogens with zero attached hydrogens (tertiary/aromatic N) is 1. The van der Waals surface area contributed by atoms with Crippen LogP contribution in [0.15, 0.2) is 29.2 Å². The van der Waals surface area contributed by atoms with Crippen LogP contribution in [0.1, 0.15) is 39.2 Å². The predicted molar refractivity (Wildman–Crippen MR) is 99.3 cm³/mol. The van der Waals surface area contributed by atoms with Crippen LogP contribution >= 0.6 is 0 Å². The van der Waals surface area contributed by atoms with Gasteiger partial charge in [-0.3, -0.25) is 0 Å². The summed E-state index contributed by atoms with van der Waals surface area (Å²) in [5.74, 6) is 0.590. The summed E-state index contributed by atoms with van der Waals surface area (Å²) in [5, 5.41) is 2.83. The molecule has 2 bridgehead atoms. The highest BCUT2D eigenvalue weighted by Crippen LogP contribution is 2.44. The number of ether oxygens (including phenoxy) is 1. The lowest BCUT2D eigenvalue weighted by Gasteiger charge is -2.31. The Morgan fingerprint density at radius 3 is 2.42 bits per heavy atom. The Bertz CT molecular complexity index is 768. The number of fused-ring (bicyclic) bond motifs is 2. The molecule has 1 saturated heterocycles. The molecule has 3 atom stereocenters. The van der Waals surface area contributed by atoms with Gasteiger partial charge in [0.05, 0.1) is 4.90 Å². The molecule has 1 saturated carbocycles. The Hall–Kier alpha value is -1.60. The average Bonchev–Trinajstić information content (AvgIpc) is 3.12. The van der Waals surface area contributed by atoms with E-state index in [0.717, 1.165) is 18.4 Å². The van der Waals surface area contributed by atoms with E-state index in [0.29, 0.717) is 23.9 Å². The molecule has 2 aliphatic rings. The summed E-state index contributed by atoms with van der Waals surface area (Å²) in [4.78, 5) is 12.2. The maximum absolute atomic E-state index is 12.9. The molecular weight excluding hydrogens is 352 g/mol. The van der Waals surface area contributed by atoms with E-state index in [1.54, 1.807) is 16.4 Å². The molecular formula is C19H28N2O4S. The molecule has 0 spiro atoms. The maximum Gasteiger partial charge on any atom is 0.407 e. The maximum atomic E-state index is 12.9. The number of alkyl carbamates (subject to hydrolysis) is 1. The van der Waals surface area contributed by atoms with Crippen LogP contribution in [-0.4, -0.2) is 43.5 Å². The number of nitrogens with one attached hydrogen (secondary N) is 1. The van der Waals surface area contributed by atoms with Gasteiger partial charge in [-0.25, -0.2) is 13.2 Å². The minimum absolute atomic E-state index is 0.0248. The summed E-state index contributed by atoms with van der Waals surface area (Å²) in [6, 6.07) is 7.04. The number of aryl methyl sites for hydroxylation is 1. The molecule has 1 aromatic carbocycles. The van der Waals surface area contributed by atoms with E-state index in [9.17, 15) is 13.2 Å². The molecule has 1 aliphatic carbocycles. The van der Waals surface area contributed by atoms with Crippen molar-refractivity contribution in [3.05, 3.63) is 29.8 Å². The number of carbonyl (C=O) groups excluding carboxylic acids is 1. The molecule has 26 heavy (non-hydrogen) atoms. The number of hydrogen-bond donors (Lipinski definition) is 1. The molecule has 7 heteroatoms. The van der Waals surface area contributed by atoms with E-state index in [1.807, 2.05) is 39.8 Å². The predicted octanol–water partition coefficient (Wildman–Crippen LogP) is 2.92. The zero-order valence-corrected chi connectivity index (χ0v) is 16.7. The van der Waals surface area contributed by atoms with Crippen molar-refractivity contribution < 1.29 is 17.9 Å². The first-order valence-electron chi connectivity index (χ1n) is 9.11. The summed E-state index contributed by atoms with van der Waals surface area (Å²) in [7, 11) is -3.44. The Kier molecular flexibility index (Phi) is 5.05. The highest BCUT2D eigenvalue weighted by molar-refractivity contribution is 7.89. The quantitative estimate of drug-likeness (QED) is 0.871. The standard InChI is InChI=1S/C19H28N2O4S/c1-13-5-7-17(8-6-13)26(23,24)21-12-15-10-16(21)9-14(15)11-20-18(22)25-19(2,3)4/h5-8,14-16H,9-12H2,1-4H3,(H,20,22)/t14?,15-,16+/m0/s1. The largest absolute Gasteiger partial charge is 0.444 e. The molecule has 3 rings (SSSR count). The lowest BCUT2D eigenvalue weighted by molar-refractivity contribution is 0.0511. The van der Waals surface area contributed by atoms with Gasteiger partial charge in [0.1, 0.15) is 5.60 Å². The normalized spacial score (nSPS) is 26.1. The lowest BCUT2D eigenvalue weighted by Crippen LogP contribution is -2.43. The Morgan fingerprint density at radius 2 is 1.88 bits per heavy atom. The van der Waals surface area contributed by atoms with Crippen LogP contribution < -0.4 is 5.32 Å². The van der Waals surface area contributed by atoms with E-state index < -0.39 is 21.7 Å². The van der Waals surface area contributed by atoms with E-state index in [4.69, 9.17) is 4.74 Å². The van der Waals surface area contributed by atoms with Crippen LogP contribution in [0.25, 0.3) is 0 Å². The molecule has 2 fully saturated rings. The molecule has 1 N–H and O–H groups in total. The van der Waals surface area contributed by atoms with Crippen LogP contribution in [0.4, 0.5) is 4.79 Å². The third kappa shape index (κ3) is 4.04. The second-order valence-electron chi connectivity index (χ2n) is 8.42. The Morgan fingerprint density at radius 1 is 1.23 bits per heavy atom. The number of amides is 1. The third-order valence-electron chi connectivity index (χ3n) is 5.17. The van der Waals surface area contributed by atoms with Crippen molar-refractivity contribution >= 4 is 16.1 Å². The van der Waals surface area contributed by atoms with Crippen molar-refractivity contribution in [1.29, 1.82) is 0 Å². The first-order chi connectivity index (χ1) is 12.1. The molecule has 1 unspecified atom stereocenters. The van der Waals surface area contributed by atoms with Gasteiger partial charge in [-0.1, -0.05) is 17.7 Å². The SMILES string of the molecule is Cc1ccc(S(=O)(=O)N2C[C@@H]3C[C@H]2CC3CNC(=O)OC(C)(C)C)cc1. The fraction of sp³-hybridized carbons (Fsp3) is 0.632. The first-order valence-corrected chi connectivity index (χ1v) is 10.6. The fourth-order valence-corrected chi connectivity index (χ4v) is 5.64. The zero-order chi connectivity index (χ0) is 19.1. The van der Waals surface area contributed by atoms with Crippen molar-refractivity contribution in [1.82, 2.24) is 9.62 Å². The summed E-state index contributed by atoms with van der Waals surface area (Å²) in [5.41, 5.74) is 0.526. The third-order valence-corrected chi connectivity index (χ3v) is 7.11. The monoisotopic (exact) mass is 380 g/mol. The van der Waals surface area contributed by atoms with E-state index in [1.165, 1.54) is 0 Å². The zero-order valence-electron chi connectivity index (χ0n) is 15.9. The van der Waals surface area contributed by atoms with Gasteiger partial charge in [-0.05, 0) is 64.5 Å². The van der Waals surface area contributed by atoms with Crippen molar-refractivity contribution in [3.8, 4) is 0 Å². The number of sulfonamides is 1. The van der Waals surface area contributed by atoms with Crippen molar-refractivity contribution in [3.63, 3.8) is 0 Å². The van der Waals surface area contributed by atoms with Crippen molar-refractivity contribution in [2.75, 3.05) is 13.1 Å². The Balaban J connectivity index is 1.58. The number of carbonyl (C=O) groups is 1. The first kappa shape index (κ1) is 19.2. The summed E-state index contributed by atoms with van der Waals surface area (Å²) >= 11 is 0. The highest BCUT2D eigenvalue weighted by atomic mass is 32.2. The molecule has 6 nitrogen and oxygen atoms in total. The number of benzene rings is 1. The number of rotatable bonds is 4. The van der Waals surface area contributed by atoms with Gasteiger partial charge in [0.2, 0.25) is 10.0 Å². The minimum Gasteiger partial charge on any atom is -0.444 e. The number of hydrogen-bond acceptors (Lipinski definition) is 4. The topological polar surface area (TPSA) is 75.7 Å². The van der Waals surface area contributed by atoms with E-state index in [2.05, 4.69) is 5.32 Å². The summed E-state index contributed by atoms with van der Waals surface area (Å²) in [6.07, 6.45) is 1.24. The molecule has 144 valence electrons. The van der Waals surface area contributed by atoms with Crippen LogP contribution in [0.3, 0.4) is 0 Å². The van der Waals surface area contributed by atoms with Crippen LogP contribution in [0.5, 0.6) is 0 Å². The van der Waals surface area contributed by atoms with E-state index >= 15 is 0 Å². The average molecular weight is 381 g/mol. The minimum atomic E-state index is -3.44. The highest BCUT2D eigenvalue weighted by Gasteiger charge is 2.49. The molecule has 0 aromatic heterocycles. The molecule has 1 aliphatic heterocycles. The summed E-state index contributed by atoms with van der Waals surface area (Å²) < 4.78 is 32.7. The Labute approximate surface area is 156 Å². The second-order valence-corrected chi connectivity index (χ2v) is 10.3. The van der Waals surface area contributed by atoms with Crippen molar-refractivity contribution in [2.45, 2.75) is 57.1 Å². The van der Waals surface area contributed by atoms with Crippen molar-refractivity contribution in [2.24, 2.45) is 11.8 Å². The van der Waals surface area contributed by atoms with Crippen LogP contribution in [-0.2, 0) is 14.8 Å². The van der Waals surface area contributed by atoms with Gasteiger partial charge in [0.25, 0.3) is 0 Å². The smallest absolute Gasteiger partial charge is 0.407 e. The van der Waals surface area contributed by atoms with Gasteiger partial charge in [0.15, 0.2) is 0 Å². The van der Waals surface area contributed by atoms with Crippen LogP contribution in [0, 0.1) is 18.8 Å². The lowest BCUT2D eigenvalue weighted by atomic mass is 9.95. The molecule has 0 radical (unpaired) electrons. The van der Waals surface area contributed by atoms with Gasteiger partial charge >= 0.3 is 6.09 Å². The summed E-state index contributed by atoms with van der Waals surface area (Å²) in [6.45, 7) is 8.50. The van der Waals surface area contributed by atoms with Gasteiger partial charge < -0.3 is 10.1 Å². The molecule has 1 heterocycles. The fourth-order valence-electron chi connectivity index (χ4n) is 3.94.